The fourth-order valence-electron chi connectivity index (χ4n) is 3.31. The molecule has 3 aliphatic rings. The molecular formula is C11H13NO3. The van der Waals surface area contributed by atoms with Gasteiger partial charge in [-0.2, -0.15) is 0 Å². The zero-order valence-electron chi connectivity index (χ0n) is 8.47. The molecular weight excluding hydrogens is 194 g/mol. The Kier molecular flexibility index (Phi) is 1.77. The lowest BCUT2D eigenvalue weighted by atomic mass is 9.82. The molecule has 0 radical (unpaired) electrons. The minimum atomic E-state index is -0.288. The van der Waals surface area contributed by atoms with Gasteiger partial charge in [-0.1, -0.05) is 12.2 Å². The molecule has 1 unspecified atom stereocenters. The smallest absolute Gasteiger partial charge is 0.323 e. The molecule has 1 saturated carbocycles. The van der Waals surface area contributed by atoms with Crippen LogP contribution in [-0.4, -0.2) is 31.4 Å². The molecule has 3 rings (SSSR count). The van der Waals surface area contributed by atoms with Crippen molar-refractivity contribution in [3.63, 3.8) is 0 Å². The molecule has 80 valence electrons. The van der Waals surface area contributed by atoms with Crippen molar-refractivity contribution in [3.05, 3.63) is 12.2 Å². The second-order valence-electron chi connectivity index (χ2n) is 4.49. The van der Waals surface area contributed by atoms with Crippen LogP contribution in [0.1, 0.15) is 0 Å². The monoisotopic (exact) mass is 207 g/mol. The maximum Gasteiger partial charge on any atom is 0.323 e. The first-order chi connectivity index (χ1) is 7.24. The van der Waals surface area contributed by atoms with Gasteiger partial charge in [0.2, 0.25) is 0 Å². The van der Waals surface area contributed by atoms with E-state index in [4.69, 9.17) is 4.74 Å². The average Bonchev–Trinajstić information content (AvgIpc) is 2.88. The van der Waals surface area contributed by atoms with E-state index in [9.17, 15) is 9.59 Å². The Morgan fingerprint density at radius 3 is 2.93 bits per heavy atom. The second kappa shape index (κ2) is 2.92. The Labute approximate surface area is 87.7 Å². The van der Waals surface area contributed by atoms with Crippen LogP contribution in [0.5, 0.6) is 0 Å². The Balaban J connectivity index is 1.91. The molecule has 2 fully saturated rings. The number of carbonyl (C=O) groups excluding carboxylic acids is 2. The summed E-state index contributed by atoms with van der Waals surface area (Å²) >= 11 is 0. The van der Waals surface area contributed by atoms with Crippen molar-refractivity contribution in [2.45, 2.75) is 6.04 Å². The summed E-state index contributed by atoms with van der Waals surface area (Å²) in [5, 5.41) is 3.16. The lowest BCUT2D eigenvalue weighted by Gasteiger charge is -2.21. The molecule has 0 spiro atoms. The van der Waals surface area contributed by atoms with Crippen LogP contribution in [0.4, 0.5) is 0 Å². The predicted molar refractivity (Wildman–Crippen MR) is 51.9 cm³/mol. The highest BCUT2D eigenvalue weighted by Gasteiger charge is 2.58. The van der Waals surface area contributed by atoms with Gasteiger partial charge >= 0.3 is 5.97 Å². The van der Waals surface area contributed by atoms with E-state index >= 15 is 0 Å². The van der Waals surface area contributed by atoms with E-state index in [-0.39, 0.29) is 29.8 Å². The summed E-state index contributed by atoms with van der Waals surface area (Å²) in [5.41, 5.74) is 0. The summed E-state index contributed by atoms with van der Waals surface area (Å²) < 4.78 is 4.75. The summed E-state index contributed by atoms with van der Waals surface area (Å²) in [6.07, 6.45) is 3.95. The van der Waals surface area contributed by atoms with Crippen molar-refractivity contribution in [1.29, 1.82) is 0 Å². The number of ether oxygens (including phenoxy) is 1. The first-order valence-electron chi connectivity index (χ1n) is 5.27. The van der Waals surface area contributed by atoms with Gasteiger partial charge in [0.25, 0.3) is 0 Å². The van der Waals surface area contributed by atoms with Gasteiger partial charge < -0.3 is 10.1 Å². The van der Waals surface area contributed by atoms with Crippen LogP contribution in [0.3, 0.4) is 0 Å². The molecule has 1 saturated heterocycles. The summed E-state index contributed by atoms with van der Waals surface area (Å²) in [5.74, 6) is 0.467. The zero-order valence-corrected chi connectivity index (χ0v) is 8.47. The van der Waals surface area contributed by atoms with E-state index in [2.05, 4.69) is 5.32 Å². The van der Waals surface area contributed by atoms with E-state index in [1.165, 1.54) is 7.11 Å². The van der Waals surface area contributed by atoms with Crippen LogP contribution in [0.15, 0.2) is 12.2 Å². The minimum Gasteiger partial charge on any atom is -0.468 e. The van der Waals surface area contributed by atoms with Crippen LogP contribution in [0.2, 0.25) is 0 Å². The molecule has 15 heavy (non-hydrogen) atoms. The molecule has 0 aromatic carbocycles. The lowest BCUT2D eigenvalue weighted by Crippen LogP contribution is -2.39. The maximum atomic E-state index is 11.8. The largest absolute Gasteiger partial charge is 0.468 e. The fraction of sp³-hybridized carbons (Fsp3) is 0.636. The molecule has 1 aliphatic heterocycles. The first kappa shape index (κ1) is 9.09. The number of hydrogen-bond acceptors (Lipinski definition) is 4. The normalized spacial score (nSPS) is 45.9. The minimum absolute atomic E-state index is 0.0437. The fourth-order valence-corrected chi connectivity index (χ4v) is 3.31. The second-order valence-corrected chi connectivity index (χ2v) is 4.49. The van der Waals surface area contributed by atoms with Crippen LogP contribution in [0.25, 0.3) is 0 Å². The van der Waals surface area contributed by atoms with Crippen LogP contribution in [0, 0.1) is 23.7 Å². The third-order valence-corrected chi connectivity index (χ3v) is 3.97. The van der Waals surface area contributed by atoms with Gasteiger partial charge in [-0.05, 0) is 5.92 Å². The number of hydrogen-bond donors (Lipinski definition) is 1. The quantitative estimate of drug-likeness (QED) is 0.476. The number of fused-ring (bicyclic) bond motifs is 5. The van der Waals surface area contributed by atoms with Crippen molar-refractivity contribution in [2.75, 3.05) is 13.7 Å². The van der Waals surface area contributed by atoms with Gasteiger partial charge in [0.1, 0.15) is 11.8 Å². The van der Waals surface area contributed by atoms with Crippen LogP contribution >= 0.6 is 0 Å². The maximum absolute atomic E-state index is 11.8. The van der Waals surface area contributed by atoms with E-state index in [0.29, 0.717) is 11.7 Å². The SMILES string of the molecule is COC(=O)[C@H]1NCC2[C@@H]1[C@H]1C=C[C@@H]2C1=O. The van der Waals surface area contributed by atoms with E-state index in [0.717, 1.165) is 6.54 Å². The predicted octanol–water partition coefficient (Wildman–Crippen LogP) is -0.252. The summed E-state index contributed by atoms with van der Waals surface area (Å²) in [6, 6.07) is -0.288. The van der Waals surface area contributed by atoms with Gasteiger partial charge in [-0.25, -0.2) is 0 Å². The highest BCUT2D eigenvalue weighted by molar-refractivity contribution is 5.94. The van der Waals surface area contributed by atoms with Crippen molar-refractivity contribution in [3.8, 4) is 0 Å². The van der Waals surface area contributed by atoms with Crippen molar-refractivity contribution in [1.82, 2.24) is 5.32 Å². The molecule has 0 aromatic heterocycles. The van der Waals surface area contributed by atoms with Gasteiger partial charge in [0.05, 0.1) is 7.11 Å². The van der Waals surface area contributed by atoms with Gasteiger partial charge in [-0.15, -0.1) is 0 Å². The van der Waals surface area contributed by atoms with Crippen molar-refractivity contribution < 1.29 is 14.3 Å². The van der Waals surface area contributed by atoms with Crippen LogP contribution in [-0.2, 0) is 14.3 Å². The third-order valence-electron chi connectivity index (χ3n) is 3.97. The standard InChI is InChI=1S/C11H13NO3/c1-15-11(14)9-8-6-3-2-5(10(6)13)7(8)4-12-9/h2-3,5-9,12H,4H2,1H3/t5-,6+,7?,8-,9-/m0/s1. The first-order valence-corrected chi connectivity index (χ1v) is 5.27. The Morgan fingerprint density at radius 2 is 2.20 bits per heavy atom. The number of carbonyl (C=O) groups is 2. The van der Waals surface area contributed by atoms with Gasteiger partial charge in [0, 0.05) is 24.3 Å². The van der Waals surface area contributed by atoms with Gasteiger partial charge in [-0.3, -0.25) is 9.59 Å². The number of rotatable bonds is 1. The van der Waals surface area contributed by atoms with Crippen molar-refractivity contribution in [2.24, 2.45) is 23.7 Å². The number of methoxy groups -OCH3 is 1. The third kappa shape index (κ3) is 1.00. The Hall–Kier alpha value is -1.16. The van der Waals surface area contributed by atoms with Crippen molar-refractivity contribution >= 4 is 11.8 Å². The van der Waals surface area contributed by atoms with E-state index in [1.54, 1.807) is 0 Å². The number of nitrogens with one attached hydrogen (secondary N) is 1. The molecule has 4 nitrogen and oxygen atoms in total. The highest BCUT2D eigenvalue weighted by Crippen LogP contribution is 2.49. The number of Topliss-reactive ketones (excluding diaryl/α,β-unsaturated/α-hetero) is 1. The van der Waals surface area contributed by atoms with E-state index in [1.807, 2.05) is 12.2 Å². The lowest BCUT2D eigenvalue weighted by molar-refractivity contribution is -0.144. The van der Waals surface area contributed by atoms with Gasteiger partial charge in [0.15, 0.2) is 0 Å². The molecule has 2 bridgehead atoms. The number of allylic oxidation sites excluding steroid dienone is 2. The summed E-state index contributed by atoms with van der Waals surface area (Å²) in [6.45, 7) is 0.752. The summed E-state index contributed by atoms with van der Waals surface area (Å²) in [7, 11) is 1.39. The molecule has 2 aliphatic carbocycles. The summed E-state index contributed by atoms with van der Waals surface area (Å²) in [4.78, 5) is 23.3. The molecule has 5 atom stereocenters. The molecule has 1 heterocycles. The molecule has 0 amide bonds. The average molecular weight is 207 g/mol. The van der Waals surface area contributed by atoms with E-state index < -0.39 is 0 Å². The number of esters is 1. The Morgan fingerprint density at radius 1 is 1.47 bits per heavy atom. The topological polar surface area (TPSA) is 55.4 Å². The zero-order chi connectivity index (χ0) is 10.6. The molecule has 4 heteroatoms. The molecule has 0 aromatic rings. The number of ketones is 1. The highest BCUT2D eigenvalue weighted by atomic mass is 16.5. The molecule has 1 N–H and O–H groups in total. The Bertz CT molecular complexity index is 363. The van der Waals surface area contributed by atoms with Crippen LogP contribution < -0.4 is 5.32 Å².